The van der Waals surface area contributed by atoms with E-state index in [1.165, 1.54) is 5.56 Å². The van der Waals surface area contributed by atoms with Crippen LogP contribution in [0.25, 0.3) is 0 Å². The summed E-state index contributed by atoms with van der Waals surface area (Å²) in [6.07, 6.45) is 0.922. The maximum absolute atomic E-state index is 12.0. The monoisotopic (exact) mass is 276 g/mol. The standard InChI is InChI=1S/C15H20N2O3/c1-3-11-5-4-6-13(7-11)16-15(20)17-8-12(9-17)10(2)14(18)19/h4-7,10,12H,3,8-9H2,1-2H3,(H,16,20)(H,18,19). The van der Waals surface area contributed by atoms with E-state index in [4.69, 9.17) is 5.11 Å². The minimum atomic E-state index is -0.800. The van der Waals surface area contributed by atoms with Crippen molar-refractivity contribution in [3.63, 3.8) is 0 Å². The second-order valence-electron chi connectivity index (χ2n) is 5.28. The van der Waals surface area contributed by atoms with E-state index in [1.807, 2.05) is 24.3 Å². The Morgan fingerprint density at radius 3 is 2.75 bits per heavy atom. The molecule has 0 aliphatic carbocycles. The van der Waals surface area contributed by atoms with Crippen molar-refractivity contribution in [3.05, 3.63) is 29.8 Å². The quantitative estimate of drug-likeness (QED) is 0.887. The third-order valence-corrected chi connectivity index (χ3v) is 3.88. The van der Waals surface area contributed by atoms with Crippen LogP contribution < -0.4 is 5.32 Å². The Kier molecular flexibility index (Phi) is 4.27. The van der Waals surface area contributed by atoms with Crippen LogP contribution in [0.3, 0.4) is 0 Å². The largest absolute Gasteiger partial charge is 0.481 e. The van der Waals surface area contributed by atoms with Crippen molar-refractivity contribution in [2.75, 3.05) is 18.4 Å². The summed E-state index contributed by atoms with van der Waals surface area (Å²) >= 11 is 0. The van der Waals surface area contributed by atoms with Crippen LogP contribution in [0.1, 0.15) is 19.4 Å². The molecule has 1 heterocycles. The molecule has 1 aromatic rings. The number of nitrogens with one attached hydrogen (secondary N) is 1. The van der Waals surface area contributed by atoms with Gasteiger partial charge in [-0.3, -0.25) is 4.79 Å². The van der Waals surface area contributed by atoms with E-state index in [2.05, 4.69) is 12.2 Å². The summed E-state index contributed by atoms with van der Waals surface area (Å²) in [5, 5.41) is 11.8. The van der Waals surface area contributed by atoms with Gasteiger partial charge in [0, 0.05) is 24.7 Å². The summed E-state index contributed by atoms with van der Waals surface area (Å²) in [5.74, 6) is -1.14. The second kappa shape index (κ2) is 5.94. The van der Waals surface area contributed by atoms with Crippen molar-refractivity contribution in [1.82, 2.24) is 4.90 Å². The van der Waals surface area contributed by atoms with Gasteiger partial charge >= 0.3 is 12.0 Å². The van der Waals surface area contributed by atoms with Crippen LogP contribution in [-0.2, 0) is 11.2 Å². The van der Waals surface area contributed by atoms with Gasteiger partial charge in [0.05, 0.1) is 5.92 Å². The molecule has 2 N–H and O–H groups in total. The average molecular weight is 276 g/mol. The van der Waals surface area contributed by atoms with Gasteiger partial charge in [0.15, 0.2) is 0 Å². The maximum atomic E-state index is 12.0. The number of benzene rings is 1. The maximum Gasteiger partial charge on any atom is 0.321 e. The van der Waals surface area contributed by atoms with Crippen LogP contribution in [0.5, 0.6) is 0 Å². The van der Waals surface area contributed by atoms with E-state index >= 15 is 0 Å². The molecule has 1 aliphatic rings. The summed E-state index contributed by atoms with van der Waals surface area (Å²) < 4.78 is 0. The van der Waals surface area contributed by atoms with Crippen molar-refractivity contribution in [3.8, 4) is 0 Å². The molecule has 0 aromatic heterocycles. The highest BCUT2D eigenvalue weighted by Gasteiger charge is 2.37. The summed E-state index contributed by atoms with van der Waals surface area (Å²) in [6.45, 7) is 4.76. The van der Waals surface area contributed by atoms with Crippen molar-refractivity contribution in [2.45, 2.75) is 20.3 Å². The van der Waals surface area contributed by atoms with Gasteiger partial charge in [0.1, 0.15) is 0 Å². The number of carboxylic acid groups (broad SMARTS) is 1. The number of carbonyl (C=O) groups is 2. The first-order valence-corrected chi connectivity index (χ1v) is 6.89. The molecule has 1 atom stereocenters. The lowest BCUT2D eigenvalue weighted by molar-refractivity contribution is -0.144. The van der Waals surface area contributed by atoms with E-state index in [9.17, 15) is 9.59 Å². The molecule has 20 heavy (non-hydrogen) atoms. The summed E-state index contributed by atoms with van der Waals surface area (Å²) in [5.41, 5.74) is 1.95. The SMILES string of the molecule is CCc1cccc(NC(=O)N2CC(C(C)C(=O)O)C2)c1. The lowest BCUT2D eigenvalue weighted by Crippen LogP contribution is -2.54. The molecule has 1 saturated heterocycles. The normalized spacial score (nSPS) is 16.4. The fraction of sp³-hybridized carbons (Fsp3) is 0.467. The van der Waals surface area contributed by atoms with E-state index in [0.717, 1.165) is 12.1 Å². The van der Waals surface area contributed by atoms with Crippen LogP contribution in [0.4, 0.5) is 10.5 Å². The summed E-state index contributed by atoms with van der Waals surface area (Å²) in [4.78, 5) is 24.5. The van der Waals surface area contributed by atoms with Gasteiger partial charge in [0.2, 0.25) is 0 Å². The predicted molar refractivity (Wildman–Crippen MR) is 76.7 cm³/mol. The number of aliphatic carboxylic acids is 1. The number of aryl methyl sites for hydroxylation is 1. The van der Waals surface area contributed by atoms with Crippen LogP contribution in [0.2, 0.25) is 0 Å². The second-order valence-corrected chi connectivity index (χ2v) is 5.28. The van der Waals surface area contributed by atoms with Gasteiger partial charge < -0.3 is 15.3 Å². The third kappa shape index (κ3) is 3.10. The number of nitrogens with zero attached hydrogens (tertiary/aromatic N) is 1. The number of carbonyl (C=O) groups excluding carboxylic acids is 1. The van der Waals surface area contributed by atoms with Crippen molar-refractivity contribution in [2.24, 2.45) is 11.8 Å². The first-order valence-electron chi connectivity index (χ1n) is 6.89. The molecule has 5 nitrogen and oxygen atoms in total. The molecule has 108 valence electrons. The molecule has 5 heteroatoms. The summed E-state index contributed by atoms with van der Waals surface area (Å²) in [6, 6.07) is 7.58. The van der Waals surface area contributed by atoms with Crippen LogP contribution in [0, 0.1) is 11.8 Å². The number of rotatable bonds is 4. The van der Waals surface area contributed by atoms with Gasteiger partial charge in [0.25, 0.3) is 0 Å². The minimum Gasteiger partial charge on any atom is -0.481 e. The number of hydrogen-bond donors (Lipinski definition) is 2. The van der Waals surface area contributed by atoms with Gasteiger partial charge in [-0.25, -0.2) is 4.79 Å². The molecule has 2 rings (SSSR count). The smallest absolute Gasteiger partial charge is 0.321 e. The number of carboxylic acids is 1. The number of anilines is 1. The van der Waals surface area contributed by atoms with E-state index in [-0.39, 0.29) is 11.9 Å². The van der Waals surface area contributed by atoms with Crippen LogP contribution in [0.15, 0.2) is 24.3 Å². The third-order valence-electron chi connectivity index (χ3n) is 3.88. The van der Waals surface area contributed by atoms with Crippen LogP contribution in [-0.4, -0.2) is 35.1 Å². The van der Waals surface area contributed by atoms with Crippen molar-refractivity contribution in [1.29, 1.82) is 0 Å². The Bertz CT molecular complexity index is 510. The van der Waals surface area contributed by atoms with E-state index in [1.54, 1.807) is 11.8 Å². The summed E-state index contributed by atoms with van der Waals surface area (Å²) in [7, 11) is 0. The minimum absolute atomic E-state index is 0.0558. The Labute approximate surface area is 118 Å². The first-order chi connectivity index (χ1) is 9.51. The molecule has 1 aliphatic heterocycles. The molecule has 1 aromatic carbocycles. The Morgan fingerprint density at radius 1 is 1.45 bits per heavy atom. The number of hydrogen-bond acceptors (Lipinski definition) is 2. The predicted octanol–water partition coefficient (Wildman–Crippen LogP) is 2.43. The first kappa shape index (κ1) is 14.4. The lowest BCUT2D eigenvalue weighted by Gasteiger charge is -2.41. The van der Waals surface area contributed by atoms with Crippen molar-refractivity contribution < 1.29 is 14.7 Å². The molecular weight excluding hydrogens is 256 g/mol. The van der Waals surface area contributed by atoms with E-state index in [0.29, 0.717) is 13.1 Å². The topological polar surface area (TPSA) is 69.6 Å². The fourth-order valence-corrected chi connectivity index (χ4v) is 2.27. The van der Waals surface area contributed by atoms with Gasteiger partial charge in [-0.2, -0.15) is 0 Å². The van der Waals surface area contributed by atoms with Crippen LogP contribution >= 0.6 is 0 Å². The lowest BCUT2D eigenvalue weighted by atomic mass is 9.87. The molecule has 0 radical (unpaired) electrons. The van der Waals surface area contributed by atoms with Gasteiger partial charge in [-0.05, 0) is 24.1 Å². The molecule has 1 fully saturated rings. The molecule has 2 amide bonds. The highest BCUT2D eigenvalue weighted by atomic mass is 16.4. The zero-order valence-corrected chi connectivity index (χ0v) is 11.8. The Hall–Kier alpha value is -2.04. The molecule has 0 saturated carbocycles. The average Bonchev–Trinajstić information content (AvgIpc) is 2.36. The fourth-order valence-electron chi connectivity index (χ4n) is 2.27. The molecule has 1 unspecified atom stereocenters. The number of urea groups is 1. The van der Waals surface area contributed by atoms with Crippen molar-refractivity contribution >= 4 is 17.7 Å². The Balaban J connectivity index is 1.86. The number of likely N-dealkylation sites (tertiary alicyclic amines) is 1. The van der Waals surface area contributed by atoms with Gasteiger partial charge in [-0.15, -0.1) is 0 Å². The Morgan fingerprint density at radius 2 is 2.15 bits per heavy atom. The number of amides is 2. The molecule has 0 spiro atoms. The molecular formula is C15H20N2O3. The highest BCUT2D eigenvalue weighted by molar-refractivity contribution is 5.90. The highest BCUT2D eigenvalue weighted by Crippen LogP contribution is 2.24. The zero-order chi connectivity index (χ0) is 14.7. The molecule has 0 bridgehead atoms. The van der Waals surface area contributed by atoms with Gasteiger partial charge in [-0.1, -0.05) is 26.0 Å². The zero-order valence-electron chi connectivity index (χ0n) is 11.8. The van der Waals surface area contributed by atoms with E-state index < -0.39 is 11.9 Å².